The molecule has 0 aliphatic carbocycles. The van der Waals surface area contributed by atoms with Crippen molar-refractivity contribution in [2.45, 2.75) is 9.79 Å². The van der Waals surface area contributed by atoms with Gasteiger partial charge in [-0.1, -0.05) is 12.1 Å². The molecule has 0 unspecified atom stereocenters. The van der Waals surface area contributed by atoms with Crippen molar-refractivity contribution in [3.63, 3.8) is 0 Å². The highest BCUT2D eigenvalue weighted by Crippen LogP contribution is 2.37. The second kappa shape index (κ2) is 6.70. The molecule has 3 aromatic rings. The van der Waals surface area contributed by atoms with E-state index in [1.54, 1.807) is 0 Å². The Morgan fingerprint density at radius 1 is 0.704 bits per heavy atom. The van der Waals surface area contributed by atoms with E-state index >= 15 is 0 Å². The Balaban J connectivity index is 2.03. The van der Waals surface area contributed by atoms with E-state index in [1.807, 2.05) is 0 Å². The SMILES string of the molecule is O=S(=O)(O)c1ccc(N=Nc2c(O)ccc3cc(S(=O)(=O)O)ccc23)cc1. The summed E-state index contributed by atoms with van der Waals surface area (Å²) >= 11 is 0. The van der Waals surface area contributed by atoms with Gasteiger partial charge in [0.05, 0.1) is 15.5 Å². The van der Waals surface area contributed by atoms with E-state index in [-0.39, 0.29) is 26.9 Å². The molecular weight excluding hydrogens is 396 g/mol. The van der Waals surface area contributed by atoms with Crippen LogP contribution < -0.4 is 0 Å². The number of rotatable bonds is 4. The highest BCUT2D eigenvalue weighted by molar-refractivity contribution is 7.86. The van der Waals surface area contributed by atoms with Gasteiger partial charge in [0.15, 0.2) is 0 Å². The van der Waals surface area contributed by atoms with Gasteiger partial charge in [-0.3, -0.25) is 9.11 Å². The molecule has 27 heavy (non-hydrogen) atoms. The fourth-order valence-corrected chi connectivity index (χ4v) is 3.33. The summed E-state index contributed by atoms with van der Waals surface area (Å²) in [5, 5.41) is 18.7. The molecule has 0 aliphatic heterocycles. The van der Waals surface area contributed by atoms with Crippen molar-refractivity contribution < 1.29 is 31.0 Å². The van der Waals surface area contributed by atoms with Gasteiger partial charge in [0.2, 0.25) is 0 Å². The van der Waals surface area contributed by atoms with E-state index in [4.69, 9.17) is 9.11 Å². The largest absolute Gasteiger partial charge is 0.506 e. The van der Waals surface area contributed by atoms with Crippen molar-refractivity contribution in [3.05, 3.63) is 54.6 Å². The zero-order valence-corrected chi connectivity index (χ0v) is 15.0. The highest BCUT2D eigenvalue weighted by atomic mass is 32.2. The maximum Gasteiger partial charge on any atom is 0.294 e. The minimum atomic E-state index is -4.37. The standard InChI is InChI=1S/C16H12N2O7S2/c19-15-8-1-10-9-13(27(23,24)25)6-7-14(10)16(15)18-17-11-2-4-12(5-3-11)26(20,21)22/h1-9,19H,(H,20,21,22)(H,23,24,25). The van der Waals surface area contributed by atoms with E-state index in [0.29, 0.717) is 10.8 Å². The lowest BCUT2D eigenvalue weighted by atomic mass is 10.1. The normalized spacial score (nSPS) is 12.7. The average molecular weight is 408 g/mol. The molecule has 0 bridgehead atoms. The van der Waals surface area contributed by atoms with Crippen LogP contribution in [0.1, 0.15) is 0 Å². The first-order valence-corrected chi connectivity index (χ1v) is 10.2. The molecule has 3 aromatic carbocycles. The maximum atomic E-state index is 11.2. The van der Waals surface area contributed by atoms with E-state index < -0.39 is 20.2 Å². The Morgan fingerprint density at radius 2 is 1.30 bits per heavy atom. The van der Waals surface area contributed by atoms with E-state index in [0.717, 1.165) is 18.2 Å². The molecule has 0 atom stereocenters. The summed E-state index contributed by atoms with van der Waals surface area (Å²) in [6.45, 7) is 0. The molecule has 0 aromatic heterocycles. The minimum Gasteiger partial charge on any atom is -0.506 e. The van der Waals surface area contributed by atoms with Crippen molar-refractivity contribution in [2.24, 2.45) is 10.2 Å². The van der Waals surface area contributed by atoms with Crippen LogP contribution in [-0.4, -0.2) is 31.0 Å². The number of phenolic OH excluding ortho intramolecular Hbond substituents is 1. The zero-order chi connectivity index (χ0) is 19.8. The molecule has 140 valence electrons. The molecule has 0 heterocycles. The van der Waals surface area contributed by atoms with Crippen molar-refractivity contribution >= 4 is 42.4 Å². The quantitative estimate of drug-likeness (QED) is 0.441. The third kappa shape index (κ3) is 4.11. The summed E-state index contributed by atoms with van der Waals surface area (Å²) < 4.78 is 62.6. The van der Waals surface area contributed by atoms with Crippen LogP contribution in [0.4, 0.5) is 11.4 Å². The third-order valence-corrected chi connectivity index (χ3v) is 5.36. The fourth-order valence-electron chi connectivity index (χ4n) is 2.34. The van der Waals surface area contributed by atoms with Crippen LogP contribution in [0.25, 0.3) is 10.8 Å². The maximum absolute atomic E-state index is 11.2. The molecule has 0 saturated heterocycles. The van der Waals surface area contributed by atoms with Gasteiger partial charge in [0, 0.05) is 5.39 Å². The summed E-state index contributed by atoms with van der Waals surface area (Å²) in [5.74, 6) is -0.208. The molecule has 0 fully saturated rings. The predicted molar refractivity (Wildman–Crippen MR) is 95.9 cm³/mol. The Kier molecular flexibility index (Phi) is 4.70. The van der Waals surface area contributed by atoms with Gasteiger partial charge in [0.25, 0.3) is 20.2 Å². The molecular formula is C16H12N2O7S2. The van der Waals surface area contributed by atoms with Crippen molar-refractivity contribution in [1.29, 1.82) is 0 Å². The van der Waals surface area contributed by atoms with Gasteiger partial charge >= 0.3 is 0 Å². The summed E-state index contributed by atoms with van der Waals surface area (Å²) in [6.07, 6.45) is 0. The summed E-state index contributed by atoms with van der Waals surface area (Å²) in [5.41, 5.74) is 0.321. The van der Waals surface area contributed by atoms with E-state index in [1.165, 1.54) is 36.4 Å². The average Bonchev–Trinajstić information content (AvgIpc) is 2.59. The van der Waals surface area contributed by atoms with Crippen LogP contribution in [0, 0.1) is 0 Å². The number of benzene rings is 3. The molecule has 3 rings (SSSR count). The molecule has 3 N–H and O–H groups in total. The Hall–Kier alpha value is -2.86. The first-order valence-electron chi connectivity index (χ1n) is 7.28. The van der Waals surface area contributed by atoms with E-state index in [2.05, 4.69) is 10.2 Å². The Morgan fingerprint density at radius 3 is 1.89 bits per heavy atom. The molecule has 11 heteroatoms. The molecule has 9 nitrogen and oxygen atoms in total. The van der Waals surface area contributed by atoms with Gasteiger partial charge < -0.3 is 5.11 Å². The number of azo groups is 1. The van der Waals surface area contributed by atoms with E-state index in [9.17, 15) is 21.9 Å². The fraction of sp³-hybridized carbons (Fsp3) is 0. The molecule has 0 radical (unpaired) electrons. The summed E-state index contributed by atoms with van der Waals surface area (Å²) in [7, 11) is -8.69. The first-order chi connectivity index (χ1) is 12.6. The first kappa shape index (κ1) is 18.9. The van der Waals surface area contributed by atoms with Crippen molar-refractivity contribution in [2.75, 3.05) is 0 Å². The lowest BCUT2D eigenvalue weighted by molar-refractivity contribution is 0.477. The molecule has 0 aliphatic rings. The van der Waals surface area contributed by atoms with Crippen LogP contribution in [0.3, 0.4) is 0 Å². The monoisotopic (exact) mass is 408 g/mol. The number of fused-ring (bicyclic) bond motifs is 1. The number of phenols is 1. The topological polar surface area (TPSA) is 154 Å². The third-order valence-electron chi connectivity index (χ3n) is 3.64. The molecule has 0 saturated carbocycles. The number of hydrogen-bond acceptors (Lipinski definition) is 7. The molecule has 0 amide bonds. The van der Waals surface area contributed by atoms with Crippen molar-refractivity contribution in [3.8, 4) is 5.75 Å². The van der Waals surface area contributed by atoms with Gasteiger partial charge in [-0.15, -0.1) is 5.11 Å². The number of nitrogens with zero attached hydrogens (tertiary/aromatic N) is 2. The summed E-state index contributed by atoms with van der Waals surface area (Å²) in [6, 6.07) is 11.4. The van der Waals surface area contributed by atoms with Crippen LogP contribution in [-0.2, 0) is 20.2 Å². The van der Waals surface area contributed by atoms with Crippen LogP contribution in [0.15, 0.2) is 74.6 Å². The van der Waals surface area contributed by atoms with Crippen LogP contribution in [0.5, 0.6) is 5.75 Å². The Bertz CT molecular complexity index is 1270. The molecule has 0 spiro atoms. The second-order valence-corrected chi connectivity index (χ2v) is 8.30. The number of aromatic hydroxyl groups is 1. The zero-order valence-electron chi connectivity index (χ0n) is 13.4. The highest BCUT2D eigenvalue weighted by Gasteiger charge is 2.13. The lowest BCUT2D eigenvalue weighted by Crippen LogP contribution is -1.97. The van der Waals surface area contributed by atoms with Crippen LogP contribution in [0.2, 0.25) is 0 Å². The summed E-state index contributed by atoms with van der Waals surface area (Å²) in [4.78, 5) is -0.600. The van der Waals surface area contributed by atoms with Gasteiger partial charge in [0.1, 0.15) is 11.4 Å². The minimum absolute atomic E-state index is 0.0632. The van der Waals surface area contributed by atoms with Gasteiger partial charge in [-0.05, 0) is 47.9 Å². The second-order valence-electron chi connectivity index (χ2n) is 5.46. The number of hydrogen-bond donors (Lipinski definition) is 3. The van der Waals surface area contributed by atoms with Crippen LogP contribution >= 0.6 is 0 Å². The van der Waals surface area contributed by atoms with Gasteiger partial charge in [-0.25, -0.2) is 0 Å². The smallest absolute Gasteiger partial charge is 0.294 e. The Labute approximate surface area is 154 Å². The van der Waals surface area contributed by atoms with Crippen molar-refractivity contribution in [1.82, 2.24) is 0 Å². The lowest BCUT2D eigenvalue weighted by Gasteiger charge is -2.05. The predicted octanol–water partition coefficient (Wildman–Crippen LogP) is 3.45. The van der Waals surface area contributed by atoms with Gasteiger partial charge in [-0.2, -0.15) is 21.9 Å².